The van der Waals surface area contributed by atoms with Gasteiger partial charge in [0.25, 0.3) is 6.43 Å². The van der Waals surface area contributed by atoms with Crippen molar-refractivity contribution in [1.29, 1.82) is 0 Å². The van der Waals surface area contributed by atoms with Crippen molar-refractivity contribution >= 4 is 5.69 Å². The molecule has 0 fully saturated rings. The van der Waals surface area contributed by atoms with Gasteiger partial charge in [-0.2, -0.15) is 8.78 Å². The van der Waals surface area contributed by atoms with Gasteiger partial charge in [0.05, 0.1) is 6.57 Å². The van der Waals surface area contributed by atoms with Crippen LogP contribution in [0.3, 0.4) is 0 Å². The van der Waals surface area contributed by atoms with E-state index in [4.69, 9.17) is 11.3 Å². The molecule has 130 valence electrons. The first-order valence-corrected chi connectivity index (χ1v) is 6.78. The molecule has 1 N–H and O–H groups in total. The summed E-state index contributed by atoms with van der Waals surface area (Å²) in [5.74, 6) is -2.21. The standard InChI is InChI=1S/C16H8F5NO3/c1-22-8-4-7(17)5-9(6-8)24-11-3-2-10(15(18)19)12-13(11)25-16(20,21)14(12)23/h2-6,14-15,23H/t14-/m0/s1. The summed E-state index contributed by atoms with van der Waals surface area (Å²) >= 11 is 0. The molecule has 0 radical (unpaired) electrons. The number of nitrogens with zero attached hydrogens (tertiary/aromatic N) is 1. The minimum Gasteiger partial charge on any atom is -0.455 e. The number of hydrogen-bond donors (Lipinski definition) is 1. The van der Waals surface area contributed by atoms with Crippen molar-refractivity contribution in [3.8, 4) is 17.2 Å². The van der Waals surface area contributed by atoms with Crippen LogP contribution in [0.2, 0.25) is 0 Å². The Kier molecular flexibility index (Phi) is 4.00. The predicted octanol–water partition coefficient (Wildman–Crippen LogP) is 5.12. The number of aliphatic hydroxyl groups is 1. The summed E-state index contributed by atoms with van der Waals surface area (Å²) < 4.78 is 76.2. The van der Waals surface area contributed by atoms with Crippen LogP contribution in [0.15, 0.2) is 30.3 Å². The molecule has 2 aromatic rings. The summed E-state index contributed by atoms with van der Waals surface area (Å²) in [5, 5.41) is 9.59. The van der Waals surface area contributed by atoms with Gasteiger partial charge in [-0.3, -0.25) is 0 Å². The Morgan fingerprint density at radius 3 is 2.60 bits per heavy atom. The number of halogens is 5. The van der Waals surface area contributed by atoms with Gasteiger partial charge in [-0.05, 0) is 24.3 Å². The molecule has 0 amide bonds. The lowest BCUT2D eigenvalue weighted by molar-refractivity contribution is -0.224. The van der Waals surface area contributed by atoms with E-state index < -0.39 is 47.1 Å². The van der Waals surface area contributed by atoms with E-state index in [1.165, 1.54) is 0 Å². The quantitative estimate of drug-likeness (QED) is 0.612. The van der Waals surface area contributed by atoms with Crippen molar-refractivity contribution in [2.45, 2.75) is 18.6 Å². The highest BCUT2D eigenvalue weighted by Gasteiger charge is 2.53. The zero-order valence-electron chi connectivity index (χ0n) is 12.1. The summed E-state index contributed by atoms with van der Waals surface area (Å²) in [6.45, 7) is 6.86. The summed E-state index contributed by atoms with van der Waals surface area (Å²) in [7, 11) is 0. The van der Waals surface area contributed by atoms with Crippen LogP contribution in [0.1, 0.15) is 23.7 Å². The van der Waals surface area contributed by atoms with Crippen LogP contribution in [0.25, 0.3) is 4.85 Å². The molecular weight excluding hydrogens is 349 g/mol. The van der Waals surface area contributed by atoms with Crippen LogP contribution in [0.5, 0.6) is 17.2 Å². The van der Waals surface area contributed by atoms with Gasteiger partial charge in [0.15, 0.2) is 23.3 Å². The minimum absolute atomic E-state index is 0.109. The number of fused-ring (bicyclic) bond motifs is 1. The highest BCUT2D eigenvalue weighted by Crippen LogP contribution is 2.53. The van der Waals surface area contributed by atoms with Gasteiger partial charge < -0.3 is 14.6 Å². The number of benzene rings is 2. The average molecular weight is 357 g/mol. The molecule has 2 aromatic carbocycles. The molecule has 1 atom stereocenters. The maximum atomic E-state index is 13.6. The molecule has 4 nitrogen and oxygen atoms in total. The number of alkyl halides is 4. The predicted molar refractivity (Wildman–Crippen MR) is 74.7 cm³/mol. The first-order chi connectivity index (χ1) is 11.7. The minimum atomic E-state index is -4.12. The van der Waals surface area contributed by atoms with Crippen LogP contribution in [0, 0.1) is 12.4 Å². The number of ether oxygens (including phenoxy) is 2. The average Bonchev–Trinajstić information content (AvgIpc) is 2.78. The molecule has 0 saturated heterocycles. The Bertz CT molecular complexity index is 879. The highest BCUT2D eigenvalue weighted by atomic mass is 19.3. The fourth-order valence-corrected chi connectivity index (χ4v) is 2.41. The van der Waals surface area contributed by atoms with Crippen molar-refractivity contribution in [3.05, 3.63) is 58.7 Å². The molecule has 1 aliphatic rings. The molecule has 0 spiro atoms. The third-order valence-electron chi connectivity index (χ3n) is 3.47. The van der Waals surface area contributed by atoms with Crippen LogP contribution in [-0.2, 0) is 0 Å². The van der Waals surface area contributed by atoms with E-state index in [1.807, 2.05) is 0 Å². The lowest BCUT2D eigenvalue weighted by Gasteiger charge is -2.13. The van der Waals surface area contributed by atoms with Crippen LogP contribution in [0.4, 0.5) is 27.6 Å². The van der Waals surface area contributed by atoms with Gasteiger partial charge in [0.2, 0.25) is 0 Å². The van der Waals surface area contributed by atoms with Crippen LogP contribution < -0.4 is 9.47 Å². The maximum absolute atomic E-state index is 13.6. The van der Waals surface area contributed by atoms with Crippen LogP contribution >= 0.6 is 0 Å². The van der Waals surface area contributed by atoms with E-state index in [-0.39, 0.29) is 11.4 Å². The molecule has 9 heteroatoms. The molecule has 3 rings (SSSR count). The third kappa shape index (κ3) is 2.96. The summed E-state index contributed by atoms with van der Waals surface area (Å²) in [6, 6.07) is 4.69. The van der Waals surface area contributed by atoms with Gasteiger partial charge in [0, 0.05) is 17.2 Å². The third-order valence-corrected chi connectivity index (χ3v) is 3.47. The van der Waals surface area contributed by atoms with Gasteiger partial charge >= 0.3 is 6.11 Å². The van der Waals surface area contributed by atoms with E-state index in [9.17, 15) is 27.1 Å². The SMILES string of the molecule is [C-]#[N+]c1cc(F)cc(Oc2ccc(C(F)F)c3c2OC(F)(F)[C@H]3O)c1. The second-order valence-corrected chi connectivity index (χ2v) is 5.12. The fraction of sp³-hybridized carbons (Fsp3) is 0.188. The van der Waals surface area contributed by atoms with Crippen molar-refractivity contribution in [2.24, 2.45) is 0 Å². The van der Waals surface area contributed by atoms with Crippen molar-refractivity contribution in [3.63, 3.8) is 0 Å². The van der Waals surface area contributed by atoms with E-state index in [1.54, 1.807) is 0 Å². The number of aliphatic hydroxyl groups excluding tert-OH is 1. The molecule has 0 unspecified atom stereocenters. The largest absolute Gasteiger partial charge is 0.455 e. The molecule has 0 aliphatic carbocycles. The van der Waals surface area contributed by atoms with Crippen molar-refractivity contribution < 1.29 is 36.5 Å². The second-order valence-electron chi connectivity index (χ2n) is 5.12. The Hall–Kier alpha value is -2.86. The first-order valence-electron chi connectivity index (χ1n) is 6.78. The Balaban J connectivity index is 2.08. The van der Waals surface area contributed by atoms with E-state index in [0.717, 1.165) is 30.3 Å². The Morgan fingerprint density at radius 1 is 1.24 bits per heavy atom. The van der Waals surface area contributed by atoms with Gasteiger partial charge in [-0.1, -0.05) is 0 Å². The zero-order chi connectivity index (χ0) is 18.4. The summed E-state index contributed by atoms with van der Waals surface area (Å²) in [5.41, 5.74) is -1.73. The molecule has 1 heterocycles. The topological polar surface area (TPSA) is 43.0 Å². The maximum Gasteiger partial charge on any atom is 0.429 e. The zero-order valence-corrected chi connectivity index (χ0v) is 12.1. The van der Waals surface area contributed by atoms with Crippen LogP contribution in [-0.4, -0.2) is 11.2 Å². The van der Waals surface area contributed by atoms with Gasteiger partial charge in [-0.25, -0.2) is 18.0 Å². The number of rotatable bonds is 3. The van der Waals surface area contributed by atoms with Gasteiger partial charge in [-0.15, -0.1) is 0 Å². The monoisotopic (exact) mass is 357 g/mol. The molecular formula is C16H8F5NO3. The van der Waals surface area contributed by atoms with Crippen molar-refractivity contribution in [1.82, 2.24) is 0 Å². The van der Waals surface area contributed by atoms with Crippen molar-refractivity contribution in [2.75, 3.05) is 0 Å². The lowest BCUT2D eigenvalue weighted by atomic mass is 10.0. The smallest absolute Gasteiger partial charge is 0.429 e. The normalized spacial score (nSPS) is 17.8. The summed E-state index contributed by atoms with van der Waals surface area (Å²) in [6.07, 6.45) is -9.84. The lowest BCUT2D eigenvalue weighted by Crippen LogP contribution is -2.26. The van der Waals surface area contributed by atoms with E-state index >= 15 is 0 Å². The number of hydrogen-bond acceptors (Lipinski definition) is 3. The molecule has 0 aromatic heterocycles. The second kappa shape index (κ2) is 5.89. The van der Waals surface area contributed by atoms with E-state index in [2.05, 4.69) is 9.58 Å². The van der Waals surface area contributed by atoms with Gasteiger partial charge in [0.1, 0.15) is 11.6 Å². The highest BCUT2D eigenvalue weighted by molar-refractivity contribution is 5.57. The Morgan fingerprint density at radius 2 is 1.96 bits per heavy atom. The molecule has 1 aliphatic heterocycles. The summed E-state index contributed by atoms with van der Waals surface area (Å²) in [4.78, 5) is 3.02. The molecule has 0 saturated carbocycles. The Labute approximate surface area is 137 Å². The fourth-order valence-electron chi connectivity index (χ4n) is 2.41. The first kappa shape index (κ1) is 17.0. The molecule has 25 heavy (non-hydrogen) atoms. The molecule has 0 bridgehead atoms. The van der Waals surface area contributed by atoms with E-state index in [0.29, 0.717) is 0 Å².